The van der Waals surface area contributed by atoms with Gasteiger partial charge in [-0.1, -0.05) is 22.9 Å². The lowest BCUT2D eigenvalue weighted by molar-refractivity contribution is 0.518. The molecule has 5 heteroatoms. The Balaban J connectivity index is 2.23. The minimum absolute atomic E-state index is 0.131. The molecule has 1 atom stereocenters. The van der Waals surface area contributed by atoms with E-state index in [0.717, 1.165) is 28.7 Å². The number of aryl methyl sites for hydroxylation is 1. The number of hydrogen-bond donors (Lipinski definition) is 1. The number of rotatable bonds is 5. The van der Waals surface area contributed by atoms with E-state index in [1.54, 1.807) is 12.4 Å². The van der Waals surface area contributed by atoms with E-state index < -0.39 is 0 Å². The van der Waals surface area contributed by atoms with Crippen molar-refractivity contribution in [1.29, 1.82) is 0 Å². The first-order valence-corrected chi connectivity index (χ1v) is 7.04. The van der Waals surface area contributed by atoms with Crippen LogP contribution in [0.1, 0.15) is 24.2 Å². The summed E-state index contributed by atoms with van der Waals surface area (Å²) in [5.41, 5.74) is 2.06. The number of hydrogen-bond acceptors (Lipinski definition) is 2. The van der Waals surface area contributed by atoms with Crippen LogP contribution >= 0.6 is 15.9 Å². The molecule has 0 aliphatic rings. The van der Waals surface area contributed by atoms with E-state index in [0.29, 0.717) is 0 Å². The summed E-state index contributed by atoms with van der Waals surface area (Å²) < 4.78 is 16.2. The molecule has 0 saturated carbocycles. The van der Waals surface area contributed by atoms with Crippen molar-refractivity contribution in [2.75, 3.05) is 6.54 Å². The number of nitrogens with zero attached hydrogens (tertiary/aromatic N) is 2. The van der Waals surface area contributed by atoms with E-state index >= 15 is 0 Å². The summed E-state index contributed by atoms with van der Waals surface area (Å²) in [7, 11) is 1.97. The Kier molecular flexibility index (Phi) is 4.71. The Bertz CT molecular complexity index is 533. The van der Waals surface area contributed by atoms with Gasteiger partial charge in [-0.05, 0) is 36.7 Å². The predicted octanol–water partition coefficient (Wildman–Crippen LogP) is 3.22. The molecule has 102 valence electrons. The number of aromatic nitrogens is 2. The second-order valence-corrected chi connectivity index (χ2v) is 5.44. The highest BCUT2D eigenvalue weighted by molar-refractivity contribution is 9.10. The lowest BCUT2D eigenvalue weighted by Gasteiger charge is -2.18. The first-order valence-electron chi connectivity index (χ1n) is 6.24. The van der Waals surface area contributed by atoms with Gasteiger partial charge in [0.2, 0.25) is 0 Å². The normalized spacial score (nSPS) is 12.6. The standard InChI is InChI=1S/C14H17BrFN3/c1-3-18-13(14-8-17-9-19(14)2)6-10-4-11(15)7-12(16)5-10/h4-5,7-9,13,18H,3,6H2,1-2H3. The molecule has 1 N–H and O–H groups in total. The van der Waals surface area contributed by atoms with Crippen LogP contribution in [0.2, 0.25) is 0 Å². The number of likely N-dealkylation sites (N-methyl/N-ethyl adjacent to an activating group) is 1. The van der Waals surface area contributed by atoms with E-state index in [9.17, 15) is 4.39 Å². The van der Waals surface area contributed by atoms with E-state index in [1.165, 1.54) is 6.07 Å². The first-order chi connectivity index (χ1) is 9.10. The van der Waals surface area contributed by atoms with Crippen LogP contribution in [0.3, 0.4) is 0 Å². The van der Waals surface area contributed by atoms with Crippen LogP contribution in [-0.2, 0) is 13.5 Å². The summed E-state index contributed by atoms with van der Waals surface area (Å²) in [6.45, 7) is 2.91. The van der Waals surface area contributed by atoms with Crippen LogP contribution < -0.4 is 5.32 Å². The molecule has 2 aromatic rings. The SMILES string of the molecule is CCNC(Cc1cc(F)cc(Br)c1)c1cncn1C. The van der Waals surface area contributed by atoms with Gasteiger partial charge in [-0.25, -0.2) is 9.37 Å². The number of benzene rings is 1. The molecule has 0 aliphatic heterocycles. The molecule has 1 aromatic carbocycles. The van der Waals surface area contributed by atoms with Gasteiger partial charge in [0.05, 0.1) is 18.1 Å². The zero-order valence-electron chi connectivity index (χ0n) is 11.0. The third-order valence-electron chi connectivity index (χ3n) is 3.02. The molecule has 1 unspecified atom stereocenters. The molecule has 1 aromatic heterocycles. The number of halogens is 2. The molecular formula is C14H17BrFN3. The summed E-state index contributed by atoms with van der Waals surface area (Å²) in [6.07, 6.45) is 4.35. The highest BCUT2D eigenvalue weighted by Gasteiger charge is 2.15. The van der Waals surface area contributed by atoms with Crippen molar-refractivity contribution in [3.63, 3.8) is 0 Å². The highest BCUT2D eigenvalue weighted by atomic mass is 79.9. The monoisotopic (exact) mass is 325 g/mol. The van der Waals surface area contributed by atoms with Crippen LogP contribution in [0, 0.1) is 5.82 Å². The molecule has 0 fully saturated rings. The van der Waals surface area contributed by atoms with Gasteiger partial charge in [0.15, 0.2) is 0 Å². The van der Waals surface area contributed by atoms with E-state index in [4.69, 9.17) is 0 Å². The second-order valence-electron chi connectivity index (χ2n) is 4.52. The molecule has 19 heavy (non-hydrogen) atoms. The molecule has 0 radical (unpaired) electrons. The van der Waals surface area contributed by atoms with Gasteiger partial charge in [-0.15, -0.1) is 0 Å². The molecule has 3 nitrogen and oxygen atoms in total. The van der Waals surface area contributed by atoms with Gasteiger partial charge in [-0.3, -0.25) is 0 Å². The summed E-state index contributed by atoms with van der Waals surface area (Å²) in [5, 5.41) is 3.41. The predicted molar refractivity (Wildman–Crippen MR) is 77.4 cm³/mol. The van der Waals surface area contributed by atoms with Crippen LogP contribution in [0.15, 0.2) is 35.2 Å². The average molecular weight is 326 g/mol. The van der Waals surface area contributed by atoms with Gasteiger partial charge in [0.25, 0.3) is 0 Å². The Morgan fingerprint density at radius 2 is 2.21 bits per heavy atom. The minimum Gasteiger partial charge on any atom is -0.336 e. The Morgan fingerprint density at radius 1 is 1.42 bits per heavy atom. The highest BCUT2D eigenvalue weighted by Crippen LogP contribution is 2.21. The zero-order chi connectivity index (χ0) is 13.8. The van der Waals surface area contributed by atoms with Crippen molar-refractivity contribution in [3.8, 4) is 0 Å². The van der Waals surface area contributed by atoms with Crippen LogP contribution in [0.25, 0.3) is 0 Å². The maximum absolute atomic E-state index is 13.4. The molecule has 0 bridgehead atoms. The fraction of sp³-hybridized carbons (Fsp3) is 0.357. The van der Waals surface area contributed by atoms with E-state index in [-0.39, 0.29) is 11.9 Å². The quantitative estimate of drug-likeness (QED) is 0.914. The van der Waals surface area contributed by atoms with Gasteiger partial charge < -0.3 is 9.88 Å². The zero-order valence-corrected chi connectivity index (χ0v) is 12.6. The van der Waals surface area contributed by atoms with Gasteiger partial charge in [0.1, 0.15) is 5.82 Å². The lowest BCUT2D eigenvalue weighted by Crippen LogP contribution is -2.24. The Labute approximate surface area is 121 Å². The van der Waals surface area contributed by atoms with Crippen molar-refractivity contribution in [2.24, 2.45) is 7.05 Å². The topological polar surface area (TPSA) is 29.9 Å². The van der Waals surface area contributed by atoms with Crippen molar-refractivity contribution >= 4 is 15.9 Å². The number of nitrogens with one attached hydrogen (secondary N) is 1. The summed E-state index contributed by atoms with van der Waals surface area (Å²) in [6, 6.07) is 5.12. The summed E-state index contributed by atoms with van der Waals surface area (Å²) in [4.78, 5) is 4.14. The Morgan fingerprint density at radius 3 is 2.79 bits per heavy atom. The maximum Gasteiger partial charge on any atom is 0.124 e. The van der Waals surface area contributed by atoms with Crippen molar-refractivity contribution in [1.82, 2.24) is 14.9 Å². The Hall–Kier alpha value is -1.20. The largest absolute Gasteiger partial charge is 0.336 e. The third kappa shape index (κ3) is 3.64. The van der Waals surface area contributed by atoms with E-state index in [1.807, 2.05) is 23.9 Å². The van der Waals surface area contributed by atoms with Crippen LogP contribution in [-0.4, -0.2) is 16.1 Å². The van der Waals surface area contributed by atoms with Gasteiger partial charge in [-0.2, -0.15) is 0 Å². The first kappa shape index (κ1) is 14.2. The average Bonchev–Trinajstić information content (AvgIpc) is 2.73. The van der Waals surface area contributed by atoms with Gasteiger partial charge >= 0.3 is 0 Å². The molecular weight excluding hydrogens is 309 g/mol. The summed E-state index contributed by atoms with van der Waals surface area (Å²) in [5.74, 6) is -0.218. The second kappa shape index (κ2) is 6.30. The smallest absolute Gasteiger partial charge is 0.124 e. The fourth-order valence-corrected chi connectivity index (χ4v) is 2.71. The molecule has 0 saturated heterocycles. The molecule has 0 aliphatic carbocycles. The summed E-state index contributed by atoms with van der Waals surface area (Å²) >= 11 is 3.33. The molecule has 0 spiro atoms. The molecule has 0 amide bonds. The van der Waals surface area contributed by atoms with Crippen molar-refractivity contribution in [3.05, 3.63) is 52.3 Å². The van der Waals surface area contributed by atoms with Crippen LogP contribution in [0.5, 0.6) is 0 Å². The minimum atomic E-state index is -0.218. The van der Waals surface area contributed by atoms with Crippen molar-refractivity contribution < 1.29 is 4.39 Å². The van der Waals surface area contributed by atoms with E-state index in [2.05, 4.69) is 33.2 Å². The fourth-order valence-electron chi connectivity index (χ4n) is 2.20. The molecule has 2 rings (SSSR count). The van der Waals surface area contributed by atoms with Crippen LogP contribution in [0.4, 0.5) is 4.39 Å². The van der Waals surface area contributed by atoms with Crippen molar-refractivity contribution in [2.45, 2.75) is 19.4 Å². The maximum atomic E-state index is 13.4. The molecule has 1 heterocycles. The lowest BCUT2D eigenvalue weighted by atomic mass is 10.0. The van der Waals surface area contributed by atoms with Gasteiger partial charge in [0, 0.05) is 17.7 Å². The number of imidazole rings is 1. The third-order valence-corrected chi connectivity index (χ3v) is 3.48.